The van der Waals surface area contributed by atoms with Crippen molar-refractivity contribution in [2.75, 3.05) is 11.5 Å². The molecule has 4 aromatic rings. The number of ether oxygens (including phenoxy) is 1. The summed E-state index contributed by atoms with van der Waals surface area (Å²) in [6.07, 6.45) is 0. The number of carbonyl (C=O) groups is 1. The molecule has 1 aliphatic heterocycles. The molecule has 1 amide bonds. The van der Waals surface area contributed by atoms with E-state index in [1.807, 2.05) is 71.4 Å². The average Bonchev–Trinajstić information content (AvgIpc) is 3.45. The summed E-state index contributed by atoms with van der Waals surface area (Å²) >= 11 is 1.56. The molecule has 0 saturated carbocycles. The van der Waals surface area contributed by atoms with Gasteiger partial charge in [-0.25, -0.2) is 0 Å². The molecule has 2 aromatic carbocycles. The summed E-state index contributed by atoms with van der Waals surface area (Å²) in [6, 6.07) is 19.2. The van der Waals surface area contributed by atoms with Crippen molar-refractivity contribution in [1.82, 2.24) is 20.2 Å². The van der Waals surface area contributed by atoms with Crippen molar-refractivity contribution >= 4 is 22.9 Å². The van der Waals surface area contributed by atoms with Crippen LogP contribution in [0.2, 0.25) is 0 Å². The fourth-order valence-electron chi connectivity index (χ4n) is 3.43. The number of fused-ring (bicyclic) bond motifs is 1. The molecule has 0 unspecified atom stereocenters. The van der Waals surface area contributed by atoms with Gasteiger partial charge in [-0.1, -0.05) is 42.5 Å². The first-order valence-electron chi connectivity index (χ1n) is 9.19. The summed E-state index contributed by atoms with van der Waals surface area (Å²) < 4.78 is 5.93. The van der Waals surface area contributed by atoms with Crippen LogP contribution in [-0.4, -0.2) is 32.7 Å². The summed E-state index contributed by atoms with van der Waals surface area (Å²) in [6.45, 7) is 0.381. The maximum Gasteiger partial charge on any atom is 0.251 e. The third-order valence-corrected chi connectivity index (χ3v) is 5.48. The molecular formula is C21H17N5O2S. The van der Waals surface area contributed by atoms with Crippen LogP contribution >= 0.6 is 11.3 Å². The number of rotatable bonds is 4. The minimum absolute atomic E-state index is 0.00515. The van der Waals surface area contributed by atoms with Gasteiger partial charge in [0.2, 0.25) is 5.82 Å². The van der Waals surface area contributed by atoms with Gasteiger partial charge in [-0.2, -0.15) is 16.1 Å². The predicted molar refractivity (Wildman–Crippen MR) is 110 cm³/mol. The Hall–Kier alpha value is -3.52. The van der Waals surface area contributed by atoms with Crippen LogP contribution in [0.4, 0.5) is 5.69 Å². The summed E-state index contributed by atoms with van der Waals surface area (Å²) in [4.78, 5) is 16.5. The minimum atomic E-state index is -0.224. The molecule has 0 spiro atoms. The van der Waals surface area contributed by atoms with E-state index >= 15 is 0 Å². The molecule has 144 valence electrons. The maximum atomic E-state index is 13.4. The van der Waals surface area contributed by atoms with Crippen molar-refractivity contribution in [3.8, 4) is 17.1 Å². The van der Waals surface area contributed by atoms with Gasteiger partial charge >= 0.3 is 0 Å². The second-order valence-corrected chi connectivity index (χ2v) is 7.40. The molecule has 0 bridgehead atoms. The van der Waals surface area contributed by atoms with E-state index in [4.69, 9.17) is 4.74 Å². The first-order valence-corrected chi connectivity index (χ1v) is 10.1. The number of tetrazole rings is 1. The van der Waals surface area contributed by atoms with Crippen LogP contribution in [0.25, 0.3) is 11.4 Å². The number of hydrogen-bond acceptors (Lipinski definition) is 6. The lowest BCUT2D eigenvalue weighted by atomic mass is 10.0. The standard InChI is InChI=1S/C21H17N5O2S/c27-20(12-25-23-21(22-24-25)16-10-11-29-14-16)26-17-8-4-5-9-19(17)28-13-18(26)15-6-2-1-3-7-15/h1-11,14,18H,12-13H2/t18-/m1/s1. The molecule has 8 heteroatoms. The number of carbonyl (C=O) groups excluding carboxylic acids is 1. The highest BCUT2D eigenvalue weighted by Gasteiger charge is 2.33. The second kappa shape index (κ2) is 7.48. The Morgan fingerprint density at radius 3 is 2.76 bits per heavy atom. The van der Waals surface area contributed by atoms with E-state index in [1.54, 1.807) is 16.2 Å². The summed E-state index contributed by atoms with van der Waals surface area (Å²) in [5.41, 5.74) is 2.66. The number of aromatic nitrogens is 4. The molecule has 3 heterocycles. The summed E-state index contributed by atoms with van der Waals surface area (Å²) in [5, 5.41) is 16.4. The Balaban J connectivity index is 1.46. The Morgan fingerprint density at radius 2 is 1.93 bits per heavy atom. The van der Waals surface area contributed by atoms with Crippen LogP contribution in [0.1, 0.15) is 11.6 Å². The van der Waals surface area contributed by atoms with E-state index in [-0.39, 0.29) is 18.5 Å². The van der Waals surface area contributed by atoms with Crippen LogP contribution in [0.15, 0.2) is 71.4 Å². The van der Waals surface area contributed by atoms with Crippen LogP contribution in [-0.2, 0) is 11.3 Å². The lowest BCUT2D eigenvalue weighted by Crippen LogP contribution is -2.43. The van der Waals surface area contributed by atoms with Crippen molar-refractivity contribution in [1.29, 1.82) is 0 Å². The van der Waals surface area contributed by atoms with Gasteiger partial charge in [0, 0.05) is 10.9 Å². The fraction of sp³-hybridized carbons (Fsp3) is 0.143. The highest BCUT2D eigenvalue weighted by atomic mass is 32.1. The number of thiophene rings is 1. The number of amides is 1. The molecule has 2 aromatic heterocycles. The van der Waals surface area contributed by atoms with E-state index < -0.39 is 0 Å². The Morgan fingerprint density at radius 1 is 1.10 bits per heavy atom. The summed E-state index contributed by atoms with van der Waals surface area (Å²) in [5.74, 6) is 1.09. The molecule has 5 rings (SSSR count). The molecule has 7 nitrogen and oxygen atoms in total. The first kappa shape index (κ1) is 17.6. The van der Waals surface area contributed by atoms with Crippen molar-refractivity contribution in [3.63, 3.8) is 0 Å². The zero-order chi connectivity index (χ0) is 19.6. The SMILES string of the molecule is O=C(Cn1nnc(-c2ccsc2)n1)N1c2ccccc2OC[C@@H]1c1ccccc1. The second-order valence-electron chi connectivity index (χ2n) is 6.62. The lowest BCUT2D eigenvalue weighted by molar-refractivity contribution is -0.120. The smallest absolute Gasteiger partial charge is 0.251 e. The van der Waals surface area contributed by atoms with Gasteiger partial charge in [0.25, 0.3) is 5.91 Å². The van der Waals surface area contributed by atoms with Crippen LogP contribution in [0, 0.1) is 0 Å². The number of para-hydroxylation sites is 2. The van der Waals surface area contributed by atoms with Crippen molar-refractivity contribution in [3.05, 3.63) is 77.0 Å². The molecular weight excluding hydrogens is 386 g/mol. The van der Waals surface area contributed by atoms with E-state index in [2.05, 4.69) is 15.4 Å². The molecule has 0 radical (unpaired) electrons. The zero-order valence-corrected chi connectivity index (χ0v) is 16.2. The van der Waals surface area contributed by atoms with Gasteiger partial charge in [0.05, 0.1) is 11.7 Å². The average molecular weight is 403 g/mol. The molecule has 29 heavy (non-hydrogen) atoms. The Labute approximate surface area is 171 Å². The normalized spacial score (nSPS) is 15.6. The van der Waals surface area contributed by atoms with E-state index in [0.717, 1.165) is 16.8 Å². The molecule has 1 atom stereocenters. The Bertz CT molecular complexity index is 1130. The molecule has 0 aliphatic carbocycles. The largest absolute Gasteiger partial charge is 0.489 e. The molecule has 1 aliphatic rings. The maximum absolute atomic E-state index is 13.4. The third kappa shape index (κ3) is 3.38. The number of hydrogen-bond donors (Lipinski definition) is 0. The van der Waals surface area contributed by atoms with Crippen LogP contribution < -0.4 is 9.64 Å². The van der Waals surface area contributed by atoms with Gasteiger partial charge in [-0.15, -0.1) is 10.2 Å². The third-order valence-electron chi connectivity index (χ3n) is 4.80. The van der Waals surface area contributed by atoms with Crippen molar-refractivity contribution < 1.29 is 9.53 Å². The van der Waals surface area contributed by atoms with E-state index in [9.17, 15) is 4.79 Å². The first-order chi connectivity index (χ1) is 14.3. The lowest BCUT2D eigenvalue weighted by Gasteiger charge is -2.37. The minimum Gasteiger partial charge on any atom is -0.489 e. The highest BCUT2D eigenvalue weighted by Crippen LogP contribution is 2.39. The van der Waals surface area contributed by atoms with Gasteiger partial charge in [-0.05, 0) is 34.4 Å². The molecule has 0 fully saturated rings. The monoisotopic (exact) mass is 403 g/mol. The zero-order valence-electron chi connectivity index (χ0n) is 15.4. The molecule has 0 saturated heterocycles. The highest BCUT2D eigenvalue weighted by molar-refractivity contribution is 7.08. The van der Waals surface area contributed by atoms with Crippen LogP contribution in [0.5, 0.6) is 5.75 Å². The predicted octanol–water partition coefficient (Wildman–Crippen LogP) is 3.57. The topological polar surface area (TPSA) is 73.1 Å². The fourth-order valence-corrected chi connectivity index (χ4v) is 4.07. The van der Waals surface area contributed by atoms with E-state index in [1.165, 1.54) is 4.80 Å². The number of nitrogens with zero attached hydrogens (tertiary/aromatic N) is 5. The van der Waals surface area contributed by atoms with Gasteiger partial charge in [0.1, 0.15) is 18.9 Å². The van der Waals surface area contributed by atoms with Gasteiger partial charge < -0.3 is 4.74 Å². The Kier molecular flexibility index (Phi) is 4.53. The molecule has 0 N–H and O–H groups in total. The number of anilines is 1. The van der Waals surface area contributed by atoms with Gasteiger partial charge in [-0.3, -0.25) is 9.69 Å². The van der Waals surface area contributed by atoms with Crippen LogP contribution in [0.3, 0.4) is 0 Å². The van der Waals surface area contributed by atoms with Crippen molar-refractivity contribution in [2.24, 2.45) is 0 Å². The quantitative estimate of drug-likeness (QED) is 0.521. The number of benzene rings is 2. The van der Waals surface area contributed by atoms with E-state index in [0.29, 0.717) is 18.2 Å². The van der Waals surface area contributed by atoms with Gasteiger partial charge in [0.15, 0.2) is 0 Å². The van der Waals surface area contributed by atoms with Crippen molar-refractivity contribution in [2.45, 2.75) is 12.6 Å². The summed E-state index contributed by atoms with van der Waals surface area (Å²) in [7, 11) is 0.